The molecule has 1 aliphatic carbocycles. The summed E-state index contributed by atoms with van der Waals surface area (Å²) in [5.74, 6) is 2.26. The molecule has 1 rings (SSSR count). The molecule has 0 N–H and O–H groups in total. The summed E-state index contributed by atoms with van der Waals surface area (Å²) in [6.45, 7) is 11.6. The SMILES string of the molecule is CC1=CC(C)C=C(C(C)CCC(C)C)CC1. The normalized spacial score (nSPS) is 23.8. The van der Waals surface area contributed by atoms with E-state index in [2.05, 4.69) is 46.8 Å². The first kappa shape index (κ1) is 13.5. The lowest BCUT2D eigenvalue weighted by molar-refractivity contribution is 0.480. The number of hydrogen-bond donors (Lipinski definition) is 0. The lowest BCUT2D eigenvalue weighted by atomic mass is 9.89. The van der Waals surface area contributed by atoms with Crippen LogP contribution in [0.25, 0.3) is 0 Å². The van der Waals surface area contributed by atoms with Crippen molar-refractivity contribution in [3.8, 4) is 0 Å². The molecule has 0 aromatic rings. The first-order chi connectivity index (χ1) is 7.49. The lowest BCUT2D eigenvalue weighted by Gasteiger charge is -2.17. The summed E-state index contributed by atoms with van der Waals surface area (Å²) in [6, 6.07) is 0. The highest BCUT2D eigenvalue weighted by molar-refractivity contribution is 5.18. The van der Waals surface area contributed by atoms with E-state index in [-0.39, 0.29) is 0 Å². The third-order valence-corrected chi connectivity index (χ3v) is 3.64. The lowest BCUT2D eigenvalue weighted by Crippen LogP contribution is -2.03. The fraction of sp³-hybridized carbons (Fsp3) is 0.750. The highest BCUT2D eigenvalue weighted by Gasteiger charge is 2.13. The van der Waals surface area contributed by atoms with Crippen molar-refractivity contribution in [3.63, 3.8) is 0 Å². The molecule has 2 unspecified atom stereocenters. The number of rotatable bonds is 4. The molecular weight excluding hydrogens is 192 g/mol. The molecule has 0 heteroatoms. The van der Waals surface area contributed by atoms with Crippen molar-refractivity contribution in [2.45, 2.75) is 60.3 Å². The Morgan fingerprint density at radius 3 is 2.44 bits per heavy atom. The summed E-state index contributed by atoms with van der Waals surface area (Å²) in [7, 11) is 0. The van der Waals surface area contributed by atoms with Crippen LogP contribution in [0.5, 0.6) is 0 Å². The summed E-state index contributed by atoms with van der Waals surface area (Å²) in [5, 5.41) is 0. The van der Waals surface area contributed by atoms with Gasteiger partial charge < -0.3 is 0 Å². The van der Waals surface area contributed by atoms with Gasteiger partial charge in [-0.1, -0.05) is 57.4 Å². The van der Waals surface area contributed by atoms with Gasteiger partial charge >= 0.3 is 0 Å². The first-order valence-electron chi connectivity index (χ1n) is 6.87. The molecule has 0 fully saturated rings. The second-order valence-corrected chi connectivity index (χ2v) is 5.99. The summed E-state index contributed by atoms with van der Waals surface area (Å²) >= 11 is 0. The highest BCUT2D eigenvalue weighted by Crippen LogP contribution is 2.29. The molecule has 0 heterocycles. The Kier molecular flexibility index (Phi) is 5.31. The Morgan fingerprint density at radius 1 is 1.12 bits per heavy atom. The average molecular weight is 220 g/mol. The van der Waals surface area contributed by atoms with Gasteiger partial charge in [0.1, 0.15) is 0 Å². The molecule has 0 bridgehead atoms. The zero-order chi connectivity index (χ0) is 12.1. The van der Waals surface area contributed by atoms with Crippen molar-refractivity contribution in [2.24, 2.45) is 17.8 Å². The van der Waals surface area contributed by atoms with Crippen LogP contribution in [0.15, 0.2) is 23.3 Å². The van der Waals surface area contributed by atoms with Gasteiger partial charge in [-0.15, -0.1) is 0 Å². The van der Waals surface area contributed by atoms with Crippen LogP contribution in [-0.4, -0.2) is 0 Å². The van der Waals surface area contributed by atoms with Crippen molar-refractivity contribution in [1.82, 2.24) is 0 Å². The van der Waals surface area contributed by atoms with Crippen LogP contribution < -0.4 is 0 Å². The fourth-order valence-electron chi connectivity index (χ4n) is 2.52. The monoisotopic (exact) mass is 220 g/mol. The van der Waals surface area contributed by atoms with Gasteiger partial charge in [-0.3, -0.25) is 0 Å². The van der Waals surface area contributed by atoms with Gasteiger partial charge in [-0.2, -0.15) is 0 Å². The first-order valence-corrected chi connectivity index (χ1v) is 6.87. The minimum absolute atomic E-state index is 0.638. The van der Waals surface area contributed by atoms with Crippen LogP contribution in [0.3, 0.4) is 0 Å². The van der Waals surface area contributed by atoms with Crippen LogP contribution in [-0.2, 0) is 0 Å². The van der Waals surface area contributed by atoms with Gasteiger partial charge in [0.05, 0.1) is 0 Å². The average Bonchev–Trinajstić information content (AvgIpc) is 2.35. The molecule has 0 aromatic heterocycles. The Labute approximate surface area is 102 Å². The molecule has 92 valence electrons. The van der Waals surface area contributed by atoms with E-state index in [9.17, 15) is 0 Å². The molecule has 0 spiro atoms. The Hall–Kier alpha value is -0.520. The molecule has 0 nitrogen and oxygen atoms in total. The maximum atomic E-state index is 2.50. The molecule has 16 heavy (non-hydrogen) atoms. The Balaban J connectivity index is 2.53. The van der Waals surface area contributed by atoms with E-state index in [0.29, 0.717) is 5.92 Å². The van der Waals surface area contributed by atoms with E-state index < -0.39 is 0 Å². The van der Waals surface area contributed by atoms with Crippen molar-refractivity contribution in [3.05, 3.63) is 23.3 Å². The van der Waals surface area contributed by atoms with Gasteiger partial charge in [0, 0.05) is 0 Å². The van der Waals surface area contributed by atoms with Crippen molar-refractivity contribution in [2.75, 3.05) is 0 Å². The van der Waals surface area contributed by atoms with Crippen LogP contribution in [0.1, 0.15) is 60.3 Å². The van der Waals surface area contributed by atoms with Crippen molar-refractivity contribution in [1.29, 1.82) is 0 Å². The zero-order valence-electron chi connectivity index (χ0n) is 11.7. The molecule has 0 saturated heterocycles. The maximum Gasteiger partial charge on any atom is -0.00765 e. The van der Waals surface area contributed by atoms with Gasteiger partial charge in [0.2, 0.25) is 0 Å². The molecule has 0 amide bonds. The van der Waals surface area contributed by atoms with E-state index in [0.717, 1.165) is 11.8 Å². The van der Waals surface area contributed by atoms with Crippen LogP contribution in [0.2, 0.25) is 0 Å². The smallest absolute Gasteiger partial charge is 0.00765 e. The predicted octanol–water partition coefficient (Wildman–Crippen LogP) is 5.36. The maximum absolute atomic E-state index is 2.50. The molecule has 2 atom stereocenters. The second kappa shape index (κ2) is 6.27. The van der Waals surface area contributed by atoms with E-state index in [1.165, 1.54) is 25.7 Å². The van der Waals surface area contributed by atoms with Gasteiger partial charge in [0.15, 0.2) is 0 Å². The number of allylic oxidation sites excluding steroid dienone is 4. The number of hydrogen-bond acceptors (Lipinski definition) is 0. The molecule has 0 saturated carbocycles. The van der Waals surface area contributed by atoms with E-state index >= 15 is 0 Å². The van der Waals surface area contributed by atoms with Gasteiger partial charge in [-0.25, -0.2) is 0 Å². The Morgan fingerprint density at radius 2 is 1.81 bits per heavy atom. The summed E-state index contributed by atoms with van der Waals surface area (Å²) in [5.41, 5.74) is 3.26. The minimum Gasteiger partial charge on any atom is -0.0790 e. The quantitative estimate of drug-likeness (QED) is 0.559. The zero-order valence-corrected chi connectivity index (χ0v) is 11.7. The van der Waals surface area contributed by atoms with Crippen LogP contribution >= 0.6 is 0 Å². The third-order valence-electron chi connectivity index (χ3n) is 3.64. The Bertz CT molecular complexity index is 268. The second-order valence-electron chi connectivity index (χ2n) is 5.99. The topological polar surface area (TPSA) is 0 Å². The van der Waals surface area contributed by atoms with E-state index in [1.807, 2.05) is 0 Å². The third kappa shape index (κ3) is 4.55. The summed E-state index contributed by atoms with van der Waals surface area (Å²) in [6.07, 6.45) is 10.2. The van der Waals surface area contributed by atoms with Gasteiger partial charge in [-0.05, 0) is 43.9 Å². The standard InChI is InChI=1S/C16H28/c1-12(2)6-8-15(5)16-9-7-13(3)10-14(4)11-16/h10-12,14-15H,6-9H2,1-5H3. The molecule has 0 aromatic carbocycles. The molecule has 1 aliphatic rings. The minimum atomic E-state index is 0.638. The van der Waals surface area contributed by atoms with E-state index in [4.69, 9.17) is 0 Å². The van der Waals surface area contributed by atoms with Crippen LogP contribution in [0, 0.1) is 17.8 Å². The van der Waals surface area contributed by atoms with Crippen molar-refractivity contribution < 1.29 is 0 Å². The largest absolute Gasteiger partial charge is 0.0790 e. The van der Waals surface area contributed by atoms with Crippen LogP contribution in [0.4, 0.5) is 0 Å². The predicted molar refractivity (Wildman–Crippen MR) is 73.5 cm³/mol. The molecule has 0 radical (unpaired) electrons. The van der Waals surface area contributed by atoms with E-state index in [1.54, 1.807) is 11.1 Å². The summed E-state index contributed by atoms with van der Waals surface area (Å²) in [4.78, 5) is 0. The summed E-state index contributed by atoms with van der Waals surface area (Å²) < 4.78 is 0. The van der Waals surface area contributed by atoms with Gasteiger partial charge in [0.25, 0.3) is 0 Å². The fourth-order valence-corrected chi connectivity index (χ4v) is 2.52. The van der Waals surface area contributed by atoms with Crippen molar-refractivity contribution >= 4 is 0 Å². The molecule has 0 aliphatic heterocycles. The highest BCUT2D eigenvalue weighted by atomic mass is 14.2. The molecular formula is C16H28.